The lowest BCUT2D eigenvalue weighted by atomic mass is 9.92. The van der Waals surface area contributed by atoms with Crippen LogP contribution in [0.4, 0.5) is 0 Å². The Labute approximate surface area is 88.4 Å². The van der Waals surface area contributed by atoms with Crippen LogP contribution in [0.1, 0.15) is 65.2 Å². The van der Waals surface area contributed by atoms with Crippen LogP contribution in [0.5, 0.6) is 0 Å². The number of nitrogens with zero attached hydrogens (tertiary/aromatic N) is 1. The highest BCUT2D eigenvalue weighted by Gasteiger charge is 2.06. The third-order valence-electron chi connectivity index (χ3n) is 2.77. The van der Waals surface area contributed by atoms with Gasteiger partial charge in [0.15, 0.2) is 0 Å². The van der Waals surface area contributed by atoms with E-state index in [1.165, 1.54) is 44.9 Å². The Morgan fingerprint density at radius 1 is 0.929 bits per heavy atom. The maximum Gasteiger partial charge on any atom is 0.0811 e. The Kier molecular flexibility index (Phi) is 10.4. The molecule has 0 aliphatic rings. The summed E-state index contributed by atoms with van der Waals surface area (Å²) in [6, 6.07) is 0. The highest BCUT2D eigenvalue weighted by atomic mass is 16.3. The summed E-state index contributed by atoms with van der Waals surface area (Å²) in [5, 5.41) is 2.89. The molecule has 84 valence electrons. The summed E-state index contributed by atoms with van der Waals surface area (Å²) >= 11 is 0. The average Bonchev–Trinajstić information content (AvgIpc) is 2.20. The van der Waals surface area contributed by atoms with Gasteiger partial charge in [-0.3, -0.25) is 0 Å². The SMILES string of the molecule is CCCCC(CCC)CCCCN=O. The van der Waals surface area contributed by atoms with Gasteiger partial charge in [0.2, 0.25) is 0 Å². The summed E-state index contributed by atoms with van der Waals surface area (Å²) in [6.07, 6.45) is 10.1. The number of nitroso groups, excluding NO2 is 1. The molecule has 0 aliphatic heterocycles. The van der Waals surface area contributed by atoms with E-state index in [9.17, 15) is 4.91 Å². The Morgan fingerprint density at radius 3 is 2.21 bits per heavy atom. The van der Waals surface area contributed by atoms with Crippen molar-refractivity contribution in [2.24, 2.45) is 11.1 Å². The van der Waals surface area contributed by atoms with Crippen molar-refractivity contribution in [3.8, 4) is 0 Å². The van der Waals surface area contributed by atoms with Crippen molar-refractivity contribution < 1.29 is 0 Å². The van der Waals surface area contributed by atoms with Gasteiger partial charge < -0.3 is 0 Å². The first-order valence-electron chi connectivity index (χ1n) is 6.14. The molecule has 0 rings (SSSR count). The highest BCUT2D eigenvalue weighted by Crippen LogP contribution is 2.20. The first-order chi connectivity index (χ1) is 6.85. The zero-order valence-electron chi connectivity index (χ0n) is 9.80. The molecule has 0 heterocycles. The molecule has 0 aliphatic carbocycles. The van der Waals surface area contributed by atoms with E-state index in [2.05, 4.69) is 19.0 Å². The van der Waals surface area contributed by atoms with Gasteiger partial charge in [0.25, 0.3) is 0 Å². The molecular formula is C12H25NO. The molecular weight excluding hydrogens is 174 g/mol. The van der Waals surface area contributed by atoms with E-state index in [-0.39, 0.29) is 0 Å². The Hall–Kier alpha value is -0.400. The van der Waals surface area contributed by atoms with Crippen LogP contribution >= 0.6 is 0 Å². The molecule has 0 radical (unpaired) electrons. The summed E-state index contributed by atoms with van der Waals surface area (Å²) in [6.45, 7) is 5.01. The molecule has 0 aromatic rings. The lowest BCUT2D eigenvalue weighted by Gasteiger charge is -2.14. The topological polar surface area (TPSA) is 29.4 Å². The van der Waals surface area contributed by atoms with E-state index in [1.54, 1.807) is 0 Å². The second-order valence-electron chi connectivity index (χ2n) is 4.15. The zero-order valence-corrected chi connectivity index (χ0v) is 9.80. The third kappa shape index (κ3) is 8.21. The van der Waals surface area contributed by atoms with Crippen molar-refractivity contribution in [2.75, 3.05) is 6.54 Å². The Balaban J connectivity index is 3.45. The molecule has 14 heavy (non-hydrogen) atoms. The van der Waals surface area contributed by atoms with Crippen molar-refractivity contribution in [2.45, 2.75) is 65.2 Å². The second-order valence-corrected chi connectivity index (χ2v) is 4.15. The van der Waals surface area contributed by atoms with E-state index in [4.69, 9.17) is 0 Å². The number of hydrogen-bond acceptors (Lipinski definition) is 2. The van der Waals surface area contributed by atoms with Gasteiger partial charge in [0, 0.05) is 0 Å². The van der Waals surface area contributed by atoms with Gasteiger partial charge in [-0.2, -0.15) is 4.91 Å². The van der Waals surface area contributed by atoms with Crippen LogP contribution in [0.2, 0.25) is 0 Å². The van der Waals surface area contributed by atoms with Gasteiger partial charge in [-0.05, 0) is 12.3 Å². The predicted octanol–water partition coefficient (Wildman–Crippen LogP) is 4.53. The van der Waals surface area contributed by atoms with Crippen LogP contribution in [-0.4, -0.2) is 6.54 Å². The molecule has 0 bridgehead atoms. The third-order valence-corrected chi connectivity index (χ3v) is 2.77. The summed E-state index contributed by atoms with van der Waals surface area (Å²) in [5.74, 6) is 0.895. The molecule has 2 nitrogen and oxygen atoms in total. The van der Waals surface area contributed by atoms with Crippen molar-refractivity contribution >= 4 is 0 Å². The van der Waals surface area contributed by atoms with E-state index in [0.29, 0.717) is 6.54 Å². The van der Waals surface area contributed by atoms with Gasteiger partial charge in [0.05, 0.1) is 6.54 Å². The fraction of sp³-hybridized carbons (Fsp3) is 1.00. The fourth-order valence-corrected chi connectivity index (χ4v) is 1.94. The standard InChI is InChI=1S/C12H25NO/c1-3-5-9-12(8-4-2)10-6-7-11-13-14/h12H,3-11H2,1-2H3. The monoisotopic (exact) mass is 199 g/mol. The average molecular weight is 199 g/mol. The van der Waals surface area contributed by atoms with E-state index in [1.807, 2.05) is 0 Å². The molecule has 0 aromatic heterocycles. The number of hydrogen-bond donors (Lipinski definition) is 0. The molecule has 0 aromatic carbocycles. The summed E-state index contributed by atoms with van der Waals surface area (Å²) in [5.41, 5.74) is 0. The molecule has 0 fully saturated rings. The smallest absolute Gasteiger partial charge is 0.0811 e. The van der Waals surface area contributed by atoms with Crippen LogP contribution in [0, 0.1) is 10.8 Å². The molecule has 1 atom stereocenters. The van der Waals surface area contributed by atoms with Crippen molar-refractivity contribution in [1.82, 2.24) is 0 Å². The minimum Gasteiger partial charge on any atom is -0.151 e. The maximum absolute atomic E-state index is 9.90. The zero-order chi connectivity index (χ0) is 10.6. The Morgan fingerprint density at radius 2 is 1.64 bits per heavy atom. The van der Waals surface area contributed by atoms with Gasteiger partial charge in [-0.25, -0.2) is 0 Å². The molecule has 2 heteroatoms. The van der Waals surface area contributed by atoms with E-state index >= 15 is 0 Å². The second kappa shape index (κ2) is 10.7. The van der Waals surface area contributed by atoms with E-state index < -0.39 is 0 Å². The van der Waals surface area contributed by atoms with Gasteiger partial charge in [-0.1, -0.05) is 64.0 Å². The van der Waals surface area contributed by atoms with Crippen LogP contribution in [-0.2, 0) is 0 Å². The van der Waals surface area contributed by atoms with Crippen molar-refractivity contribution in [1.29, 1.82) is 0 Å². The van der Waals surface area contributed by atoms with Crippen molar-refractivity contribution in [3.05, 3.63) is 4.91 Å². The summed E-state index contributed by atoms with van der Waals surface area (Å²) in [4.78, 5) is 9.90. The maximum atomic E-state index is 9.90. The first-order valence-corrected chi connectivity index (χ1v) is 6.14. The van der Waals surface area contributed by atoms with Crippen LogP contribution in [0.3, 0.4) is 0 Å². The minimum absolute atomic E-state index is 0.507. The van der Waals surface area contributed by atoms with E-state index in [0.717, 1.165) is 12.3 Å². The molecule has 0 spiro atoms. The molecule has 0 saturated heterocycles. The van der Waals surface area contributed by atoms with Gasteiger partial charge >= 0.3 is 0 Å². The predicted molar refractivity (Wildman–Crippen MR) is 62.4 cm³/mol. The summed E-state index contributed by atoms with van der Waals surface area (Å²) in [7, 11) is 0. The molecule has 0 N–H and O–H groups in total. The molecule has 0 saturated carbocycles. The minimum atomic E-state index is 0.507. The molecule has 1 unspecified atom stereocenters. The van der Waals surface area contributed by atoms with Crippen LogP contribution < -0.4 is 0 Å². The first kappa shape index (κ1) is 13.6. The van der Waals surface area contributed by atoms with Crippen LogP contribution in [0.25, 0.3) is 0 Å². The molecule has 0 amide bonds. The number of rotatable bonds is 10. The fourth-order valence-electron chi connectivity index (χ4n) is 1.94. The summed E-state index contributed by atoms with van der Waals surface area (Å²) < 4.78 is 0. The number of unbranched alkanes of at least 4 members (excludes halogenated alkanes) is 2. The highest BCUT2D eigenvalue weighted by molar-refractivity contribution is 4.60. The van der Waals surface area contributed by atoms with Gasteiger partial charge in [-0.15, -0.1) is 0 Å². The largest absolute Gasteiger partial charge is 0.151 e. The lowest BCUT2D eigenvalue weighted by molar-refractivity contribution is 0.388. The quantitative estimate of drug-likeness (QED) is 0.375. The normalized spacial score (nSPS) is 12.7. The van der Waals surface area contributed by atoms with Crippen molar-refractivity contribution in [3.63, 3.8) is 0 Å². The Bertz CT molecular complexity index is 125. The lowest BCUT2D eigenvalue weighted by Crippen LogP contribution is -2.00. The van der Waals surface area contributed by atoms with Crippen LogP contribution in [0.15, 0.2) is 5.18 Å². The van der Waals surface area contributed by atoms with Gasteiger partial charge in [0.1, 0.15) is 0 Å².